The summed E-state index contributed by atoms with van der Waals surface area (Å²) in [5, 5.41) is 5.59. The smallest absolute Gasteiger partial charge is 0.335 e. The number of nitrogens with zero attached hydrogens (tertiary/aromatic N) is 2. The number of anilines is 2. The zero-order chi connectivity index (χ0) is 29.6. The first-order valence-electron chi connectivity index (χ1n) is 15.7. The second kappa shape index (κ2) is 9.38. The van der Waals surface area contributed by atoms with Crippen molar-refractivity contribution in [3.8, 4) is 11.5 Å². The summed E-state index contributed by atoms with van der Waals surface area (Å²) >= 11 is 0. The fraction of sp³-hybridized carbons (Fsp3) is 0.128. The highest BCUT2D eigenvalue weighted by molar-refractivity contribution is 7.04. The third-order valence-electron chi connectivity index (χ3n) is 9.98. The summed E-state index contributed by atoms with van der Waals surface area (Å²) in [6.07, 6.45) is 8.15. The second-order valence-electron chi connectivity index (χ2n) is 13.0. The summed E-state index contributed by atoms with van der Waals surface area (Å²) in [6.45, 7) is 7.31. The summed E-state index contributed by atoms with van der Waals surface area (Å²) in [5.74, 6) is 2.37. The van der Waals surface area contributed by atoms with Crippen molar-refractivity contribution in [2.75, 3.05) is 4.81 Å². The summed E-state index contributed by atoms with van der Waals surface area (Å²) in [4.78, 5) is 2.66. The van der Waals surface area contributed by atoms with E-state index in [0.29, 0.717) is 5.92 Å². The Balaban J connectivity index is 1.44. The number of allylic oxidation sites excluding steroid dienone is 4. The molecule has 1 aliphatic carbocycles. The molecule has 3 aliphatic rings. The van der Waals surface area contributed by atoms with Gasteiger partial charge in [-0.15, -0.1) is 0 Å². The van der Waals surface area contributed by atoms with Gasteiger partial charge in [-0.1, -0.05) is 111 Å². The van der Waals surface area contributed by atoms with E-state index in [2.05, 4.69) is 157 Å². The average molecular weight is 585 g/mol. The van der Waals surface area contributed by atoms with Crippen molar-refractivity contribution in [1.82, 2.24) is 4.57 Å². The lowest BCUT2D eigenvalue weighted by molar-refractivity contribution is 0.487. The molecule has 212 valence electrons. The molecule has 2 aliphatic heterocycles. The Morgan fingerprint density at radius 1 is 0.727 bits per heavy atom. The predicted octanol–water partition coefficient (Wildman–Crippen LogP) is 7.42. The van der Waals surface area contributed by atoms with Crippen LogP contribution in [0, 0.1) is 5.92 Å². The molecule has 1 unspecified atom stereocenters. The number of aromatic nitrogens is 1. The molecule has 0 saturated carbocycles. The summed E-state index contributed by atoms with van der Waals surface area (Å²) in [6, 6.07) is 40.2. The molecule has 0 N–H and O–H groups in total. The maximum Gasteiger partial charge on any atom is 0.335 e. The van der Waals surface area contributed by atoms with E-state index in [0.717, 1.165) is 17.9 Å². The van der Waals surface area contributed by atoms with Crippen molar-refractivity contribution in [2.24, 2.45) is 5.92 Å². The second-order valence-corrected chi connectivity index (χ2v) is 17.3. The van der Waals surface area contributed by atoms with Crippen LogP contribution in [0.2, 0.25) is 13.1 Å². The van der Waals surface area contributed by atoms with Crippen LogP contribution in [-0.4, -0.2) is 19.5 Å². The highest BCUT2D eigenvalue weighted by Crippen LogP contribution is 2.44. The molecular formula is C39H33BN2OSi. The third-order valence-corrected chi connectivity index (χ3v) is 13.5. The third kappa shape index (κ3) is 3.50. The van der Waals surface area contributed by atoms with Crippen molar-refractivity contribution >= 4 is 75.1 Å². The van der Waals surface area contributed by atoms with Crippen LogP contribution in [0.25, 0.3) is 27.5 Å². The van der Waals surface area contributed by atoms with Gasteiger partial charge in [-0.2, -0.15) is 0 Å². The fourth-order valence-corrected chi connectivity index (χ4v) is 10.9. The molecule has 3 heterocycles. The van der Waals surface area contributed by atoms with Gasteiger partial charge in [0.2, 0.25) is 0 Å². The van der Waals surface area contributed by atoms with Crippen LogP contribution in [0.15, 0.2) is 127 Å². The van der Waals surface area contributed by atoms with E-state index < -0.39 is 8.07 Å². The largest absolute Gasteiger partial charge is 0.458 e. The molecule has 6 aromatic rings. The SMILES string of the molecule is CC1C=C(n2c3ccccc3c3c4c(ccc32)[Si](C)(C)c2ccccc2N4B2c3ccccc3Oc3ccccc32)C=CC1. The maximum atomic E-state index is 6.53. The Bertz CT molecular complexity index is 2160. The lowest BCUT2D eigenvalue weighted by atomic mass is 9.47. The molecule has 1 aromatic heterocycles. The molecule has 0 spiro atoms. The Morgan fingerprint density at radius 2 is 1.41 bits per heavy atom. The quantitative estimate of drug-likeness (QED) is 0.197. The van der Waals surface area contributed by atoms with Gasteiger partial charge in [0.1, 0.15) is 19.6 Å². The highest BCUT2D eigenvalue weighted by Gasteiger charge is 2.46. The summed E-state index contributed by atoms with van der Waals surface area (Å²) < 4.78 is 9.03. The van der Waals surface area contributed by atoms with Crippen molar-refractivity contribution in [3.63, 3.8) is 0 Å². The van der Waals surface area contributed by atoms with Gasteiger partial charge >= 0.3 is 6.85 Å². The first kappa shape index (κ1) is 25.7. The number of fused-ring (bicyclic) bond motifs is 8. The van der Waals surface area contributed by atoms with Crippen LogP contribution in [0.4, 0.5) is 11.4 Å². The molecule has 0 saturated heterocycles. The number of ether oxygens (including phenoxy) is 1. The molecule has 1 atom stereocenters. The molecule has 0 fully saturated rings. The average Bonchev–Trinajstić information content (AvgIpc) is 3.39. The van der Waals surface area contributed by atoms with E-state index in [1.807, 2.05) is 0 Å². The molecule has 5 aromatic carbocycles. The molecule has 9 rings (SSSR count). The molecule has 0 amide bonds. The van der Waals surface area contributed by atoms with Gasteiger partial charge in [0.15, 0.2) is 0 Å². The fourth-order valence-electron chi connectivity index (χ4n) is 7.95. The van der Waals surface area contributed by atoms with Crippen molar-refractivity contribution in [3.05, 3.63) is 127 Å². The van der Waals surface area contributed by atoms with E-state index in [1.165, 1.54) is 60.2 Å². The predicted molar refractivity (Wildman–Crippen MR) is 190 cm³/mol. The number of benzene rings is 5. The Morgan fingerprint density at radius 3 is 2.18 bits per heavy atom. The first-order valence-corrected chi connectivity index (χ1v) is 18.7. The van der Waals surface area contributed by atoms with Gasteiger partial charge in [-0.25, -0.2) is 0 Å². The van der Waals surface area contributed by atoms with Crippen LogP contribution in [-0.2, 0) is 0 Å². The minimum atomic E-state index is -2.08. The maximum absolute atomic E-state index is 6.53. The first-order chi connectivity index (χ1) is 21.5. The van der Waals surface area contributed by atoms with Crippen LogP contribution in [0.3, 0.4) is 0 Å². The molecule has 0 bridgehead atoms. The zero-order valence-electron chi connectivity index (χ0n) is 25.3. The van der Waals surface area contributed by atoms with E-state index in [-0.39, 0.29) is 6.85 Å². The monoisotopic (exact) mass is 584 g/mol. The van der Waals surface area contributed by atoms with Gasteiger partial charge in [0.05, 0.1) is 11.0 Å². The Kier molecular flexibility index (Phi) is 5.48. The topological polar surface area (TPSA) is 17.4 Å². The molecule has 3 nitrogen and oxygen atoms in total. The van der Waals surface area contributed by atoms with Crippen LogP contribution in [0.1, 0.15) is 13.3 Å². The summed E-state index contributed by atoms with van der Waals surface area (Å²) in [5.41, 5.74) is 8.82. The Labute approximate surface area is 259 Å². The molecule has 44 heavy (non-hydrogen) atoms. The Hall–Kier alpha value is -4.74. The van der Waals surface area contributed by atoms with Crippen LogP contribution in [0.5, 0.6) is 11.5 Å². The van der Waals surface area contributed by atoms with Gasteiger partial charge in [0.25, 0.3) is 0 Å². The van der Waals surface area contributed by atoms with Crippen LogP contribution < -0.4 is 30.8 Å². The van der Waals surface area contributed by atoms with E-state index in [9.17, 15) is 0 Å². The van der Waals surface area contributed by atoms with E-state index in [4.69, 9.17) is 4.74 Å². The number of rotatable bonds is 2. The standard InChI is InChI=1S/C39H33BN2OSi/c1-26-13-12-14-27(25-26)41-31-18-7-4-15-28(31)38-33(41)23-24-37-39(38)42(32-19-8-11-22-36(32)44(37,2)3)40-29-16-5-9-20-34(29)43-35-21-10-6-17-30(35)40/h4-12,14-26H,13H2,1-3H3. The van der Waals surface area contributed by atoms with Crippen molar-refractivity contribution < 1.29 is 4.74 Å². The number of para-hydroxylation sites is 4. The minimum Gasteiger partial charge on any atom is -0.458 e. The van der Waals surface area contributed by atoms with Crippen molar-refractivity contribution in [1.29, 1.82) is 0 Å². The van der Waals surface area contributed by atoms with Crippen LogP contribution >= 0.6 is 0 Å². The number of hydrogen-bond donors (Lipinski definition) is 0. The molecule has 5 heteroatoms. The molecular weight excluding hydrogens is 551 g/mol. The van der Waals surface area contributed by atoms with Gasteiger partial charge in [0, 0.05) is 27.8 Å². The molecule has 0 radical (unpaired) electrons. The lowest BCUT2D eigenvalue weighted by Gasteiger charge is -2.45. The zero-order valence-corrected chi connectivity index (χ0v) is 26.3. The normalized spacial score (nSPS) is 17.9. The summed E-state index contributed by atoms with van der Waals surface area (Å²) in [7, 11) is -2.08. The van der Waals surface area contributed by atoms with Gasteiger partial charge in [-0.05, 0) is 70.0 Å². The number of hydrogen-bond acceptors (Lipinski definition) is 2. The van der Waals surface area contributed by atoms with E-state index in [1.54, 1.807) is 0 Å². The minimum absolute atomic E-state index is 0.0392. The highest BCUT2D eigenvalue weighted by atomic mass is 28.3. The van der Waals surface area contributed by atoms with Gasteiger partial charge < -0.3 is 14.1 Å². The van der Waals surface area contributed by atoms with E-state index >= 15 is 0 Å². The van der Waals surface area contributed by atoms with Crippen molar-refractivity contribution in [2.45, 2.75) is 26.4 Å². The van der Waals surface area contributed by atoms with Gasteiger partial charge in [-0.3, -0.25) is 0 Å². The lowest BCUT2D eigenvalue weighted by Crippen LogP contribution is -2.66.